The molecule has 0 aromatic heterocycles. The second-order valence-electron chi connectivity index (χ2n) is 5.99. The van der Waals surface area contributed by atoms with Crippen LogP contribution >= 0.6 is 0 Å². The topological polar surface area (TPSA) is 51.2 Å². The third-order valence-electron chi connectivity index (χ3n) is 3.99. The number of hydrogen-bond donors (Lipinski definition) is 0. The van der Waals surface area contributed by atoms with Gasteiger partial charge in [0.15, 0.2) is 0 Å². The van der Waals surface area contributed by atoms with Crippen LogP contribution in [0.1, 0.15) is 0 Å². The quantitative estimate of drug-likeness (QED) is 0.238. The number of carbonyl (C=O) groups excluding carboxylic acids is 3. The minimum atomic E-state index is -3.05. The van der Waals surface area contributed by atoms with Gasteiger partial charge < -0.3 is 0 Å². The van der Waals surface area contributed by atoms with Gasteiger partial charge in [0.1, 0.15) is 0 Å². The molecule has 0 saturated heterocycles. The van der Waals surface area contributed by atoms with Crippen LogP contribution in [0, 0.1) is 0 Å². The molecule has 0 amide bonds. The molecule has 0 heterocycles. The summed E-state index contributed by atoms with van der Waals surface area (Å²) in [6.07, 6.45) is 0. The van der Waals surface area contributed by atoms with E-state index in [2.05, 4.69) is 91.0 Å². The molecule has 0 aliphatic carbocycles. The summed E-state index contributed by atoms with van der Waals surface area (Å²) in [5.74, 6) is 0. The normalized spacial score (nSPS) is 8.94. The Balaban J connectivity index is 0.000000234. The van der Waals surface area contributed by atoms with Crippen LogP contribution in [0.2, 0.25) is 0 Å². The molecule has 0 aliphatic heterocycles. The van der Waals surface area contributed by atoms with Crippen LogP contribution in [0.15, 0.2) is 121 Å². The summed E-state index contributed by atoms with van der Waals surface area (Å²) in [7, 11) is 0. The zero-order chi connectivity index (χ0) is 22.2. The summed E-state index contributed by atoms with van der Waals surface area (Å²) in [4.78, 5) is 28.2. The predicted octanol–water partition coefficient (Wildman–Crippen LogP) is 2.41. The fraction of sp³-hybridized carbons (Fsp3) is 0. The van der Waals surface area contributed by atoms with Crippen LogP contribution < -0.4 is 9.37 Å². The van der Waals surface area contributed by atoms with Gasteiger partial charge in [-0.2, -0.15) is 18.2 Å². The Morgan fingerprint density at radius 2 is 0.839 bits per heavy atom. The van der Waals surface area contributed by atoms with Crippen LogP contribution in [-0.2, 0) is 30.3 Å². The van der Waals surface area contributed by atoms with E-state index >= 15 is 0 Å². The fourth-order valence-corrected chi connectivity index (χ4v) is 13.1. The van der Waals surface area contributed by atoms with Crippen molar-refractivity contribution < 1.29 is 30.3 Å². The molecule has 0 spiro atoms. The molecule has 3 nitrogen and oxygen atoms in total. The Morgan fingerprint density at radius 3 is 1.03 bits per heavy atom. The second kappa shape index (κ2) is 15.2. The van der Waals surface area contributed by atoms with Crippen LogP contribution in [0.25, 0.3) is 0 Å². The van der Waals surface area contributed by atoms with Crippen molar-refractivity contribution in [3.63, 3.8) is 0 Å². The zero-order valence-electron chi connectivity index (χ0n) is 16.7. The van der Waals surface area contributed by atoms with E-state index in [9.17, 15) is 14.4 Å². The predicted molar refractivity (Wildman–Crippen MR) is 123 cm³/mol. The molecule has 0 atom stereocenters. The van der Waals surface area contributed by atoms with Gasteiger partial charge in [-0.1, -0.05) is 0 Å². The molecule has 5 heteroatoms. The van der Waals surface area contributed by atoms with Crippen molar-refractivity contribution in [2.45, 2.75) is 0 Å². The van der Waals surface area contributed by atoms with Gasteiger partial charge in [-0.15, -0.1) is 0 Å². The van der Waals surface area contributed by atoms with Crippen LogP contribution in [0.4, 0.5) is 0 Å². The SMILES string of the molecule is O=[C]=[W](=[C]=O)=[C]=O.c1cc[cH-]c1.c1cc[c]([Pb]([c]2ccccc2)[c]2ccccc2)cc1. The van der Waals surface area contributed by atoms with Gasteiger partial charge in [-0.3, -0.25) is 0 Å². The van der Waals surface area contributed by atoms with E-state index in [1.54, 1.807) is 9.37 Å². The van der Waals surface area contributed by atoms with Crippen molar-refractivity contribution in [3.8, 4) is 0 Å². The van der Waals surface area contributed by atoms with Crippen molar-refractivity contribution >= 4 is 44.9 Å². The molecule has 0 bridgehead atoms. The van der Waals surface area contributed by atoms with E-state index in [-0.39, 0.29) is 0 Å². The Kier molecular flexibility index (Phi) is 12.1. The summed E-state index contributed by atoms with van der Waals surface area (Å²) >= 11 is -5.22. The molecule has 4 aromatic rings. The van der Waals surface area contributed by atoms with E-state index < -0.39 is 38.6 Å². The van der Waals surface area contributed by atoms with E-state index in [1.807, 2.05) is 30.3 Å². The standard InChI is InChI=1S/3C6H5.C5H5.3CO.Pb.W/c3*1-2-4-6-5-3-1;1-2-4-5-3-1;3*1-2;;/h3*1-5H;1-5H;;;;;/q;;;-1;;;;;. The Labute approximate surface area is 195 Å². The summed E-state index contributed by atoms with van der Waals surface area (Å²) in [6.45, 7) is 0. The number of hydrogen-bond acceptors (Lipinski definition) is 3. The van der Waals surface area contributed by atoms with Crippen LogP contribution in [0.3, 0.4) is 0 Å². The van der Waals surface area contributed by atoms with Gasteiger partial charge in [0.05, 0.1) is 0 Å². The summed E-state index contributed by atoms with van der Waals surface area (Å²) in [5.41, 5.74) is 0. The molecule has 0 saturated carbocycles. The van der Waals surface area contributed by atoms with Crippen molar-refractivity contribution in [1.29, 1.82) is 0 Å². The Hall–Kier alpha value is -2.64. The summed E-state index contributed by atoms with van der Waals surface area (Å²) in [6, 6.07) is 43.0. The fourth-order valence-electron chi connectivity index (χ4n) is 2.69. The van der Waals surface area contributed by atoms with Crippen molar-refractivity contribution in [2.24, 2.45) is 0 Å². The van der Waals surface area contributed by atoms with Gasteiger partial charge in [-0.05, 0) is 0 Å². The second-order valence-corrected chi connectivity index (χ2v) is 19.6. The molecule has 0 aliphatic rings. The maximum absolute atomic E-state index is 9.40. The van der Waals surface area contributed by atoms with Gasteiger partial charge >= 0.3 is 166 Å². The first-order chi connectivity index (χ1) is 15.3. The van der Waals surface area contributed by atoms with Crippen molar-refractivity contribution in [1.82, 2.24) is 0 Å². The molecule has 0 fully saturated rings. The van der Waals surface area contributed by atoms with E-state index in [0.29, 0.717) is 0 Å². The number of benzene rings is 3. The molecule has 4 rings (SSSR count). The first-order valence-corrected chi connectivity index (χ1v) is 19.6. The maximum atomic E-state index is 9.40. The van der Waals surface area contributed by atoms with E-state index in [4.69, 9.17) is 0 Å². The van der Waals surface area contributed by atoms with E-state index in [0.717, 1.165) is 0 Å². The molecule has 31 heavy (non-hydrogen) atoms. The molecule has 0 unspecified atom stereocenters. The third-order valence-corrected chi connectivity index (χ3v) is 16.4. The Morgan fingerprint density at radius 1 is 0.516 bits per heavy atom. The molecule has 4 aromatic carbocycles. The Bertz CT molecular complexity index is 1080. The first-order valence-electron chi connectivity index (χ1n) is 9.37. The monoisotopic (exact) mass is 772 g/mol. The zero-order valence-corrected chi connectivity index (χ0v) is 23.5. The van der Waals surface area contributed by atoms with Crippen molar-refractivity contribution in [2.75, 3.05) is 0 Å². The molecular weight excluding hydrogens is 751 g/mol. The van der Waals surface area contributed by atoms with Crippen LogP contribution in [-0.4, -0.2) is 35.5 Å². The molecular formula is C26H20O3PbW-. The molecule has 1 radical (unpaired) electrons. The number of rotatable bonds is 3. The first kappa shape index (κ1) is 24.6. The molecule has 0 N–H and O–H groups in total. The van der Waals surface area contributed by atoms with Gasteiger partial charge in [0, 0.05) is 0 Å². The van der Waals surface area contributed by atoms with E-state index in [1.165, 1.54) is 12.8 Å². The summed E-state index contributed by atoms with van der Waals surface area (Å²) < 4.78 is 8.53. The van der Waals surface area contributed by atoms with Gasteiger partial charge in [0.25, 0.3) is 0 Å². The van der Waals surface area contributed by atoms with Gasteiger partial charge in [0.2, 0.25) is 0 Å². The summed E-state index contributed by atoms with van der Waals surface area (Å²) in [5, 5.41) is 0. The van der Waals surface area contributed by atoms with Crippen LogP contribution in [0.5, 0.6) is 0 Å². The average Bonchev–Trinajstić information content (AvgIpc) is 3.44. The minimum absolute atomic E-state index is 1.30. The third kappa shape index (κ3) is 8.94. The van der Waals surface area contributed by atoms with Gasteiger partial charge in [-0.25, -0.2) is 12.1 Å². The van der Waals surface area contributed by atoms with Crippen molar-refractivity contribution in [3.05, 3.63) is 121 Å². The molecule has 153 valence electrons. The average molecular weight is 771 g/mol.